The number of halogens is 2. The first-order valence-corrected chi connectivity index (χ1v) is 7.34. The summed E-state index contributed by atoms with van der Waals surface area (Å²) < 4.78 is 38.8. The van der Waals surface area contributed by atoms with Gasteiger partial charge in [-0.1, -0.05) is 0 Å². The van der Waals surface area contributed by atoms with E-state index in [0.29, 0.717) is 5.69 Å². The Hall–Kier alpha value is -3.36. The van der Waals surface area contributed by atoms with Crippen LogP contribution in [0.1, 0.15) is 10.4 Å². The van der Waals surface area contributed by atoms with Crippen molar-refractivity contribution < 1.29 is 32.6 Å². The zero-order valence-corrected chi connectivity index (χ0v) is 13.7. The second kappa shape index (κ2) is 8.65. The number of carbonyl (C=O) groups excluding carboxylic acids is 2. The number of amides is 2. The highest BCUT2D eigenvalue weighted by atomic mass is 19.3. The first-order valence-electron chi connectivity index (χ1n) is 7.34. The maximum absolute atomic E-state index is 12.3. The number of hydrogen-bond donors (Lipinski definition) is 2. The van der Waals surface area contributed by atoms with E-state index in [1.54, 1.807) is 0 Å². The van der Waals surface area contributed by atoms with Crippen LogP contribution < -0.4 is 25.3 Å². The van der Waals surface area contributed by atoms with E-state index in [1.807, 2.05) is 0 Å². The molecule has 0 atom stereocenters. The second-order valence-electron chi connectivity index (χ2n) is 4.98. The maximum atomic E-state index is 12.3. The lowest BCUT2D eigenvalue weighted by atomic mass is 10.2. The third kappa shape index (κ3) is 5.33. The van der Waals surface area contributed by atoms with Gasteiger partial charge in [0.15, 0.2) is 18.1 Å². The fraction of sp³-hybridized carbons (Fsp3) is 0.176. The zero-order chi connectivity index (χ0) is 19.1. The number of rotatable bonds is 8. The van der Waals surface area contributed by atoms with Gasteiger partial charge in [0.25, 0.3) is 11.8 Å². The quantitative estimate of drug-likeness (QED) is 0.747. The van der Waals surface area contributed by atoms with Gasteiger partial charge in [0, 0.05) is 11.3 Å². The molecule has 0 unspecified atom stereocenters. The van der Waals surface area contributed by atoms with Crippen LogP contribution in [0.5, 0.6) is 17.2 Å². The lowest BCUT2D eigenvalue weighted by Gasteiger charge is -2.12. The Kier molecular flexibility index (Phi) is 6.31. The monoisotopic (exact) mass is 366 g/mol. The molecular formula is C17H16F2N2O5. The van der Waals surface area contributed by atoms with E-state index in [4.69, 9.17) is 15.2 Å². The molecule has 0 aliphatic carbocycles. The first-order chi connectivity index (χ1) is 12.4. The van der Waals surface area contributed by atoms with Crippen molar-refractivity contribution in [3.63, 3.8) is 0 Å². The average molecular weight is 366 g/mol. The summed E-state index contributed by atoms with van der Waals surface area (Å²) in [5, 5.41) is 2.61. The topological polar surface area (TPSA) is 99.9 Å². The molecular weight excluding hydrogens is 350 g/mol. The third-order valence-electron chi connectivity index (χ3n) is 3.13. The number of primary amides is 1. The number of carbonyl (C=O) groups is 2. The number of ether oxygens (including phenoxy) is 3. The van der Waals surface area contributed by atoms with E-state index in [0.717, 1.165) is 0 Å². The van der Waals surface area contributed by atoms with Crippen molar-refractivity contribution in [2.45, 2.75) is 6.61 Å². The van der Waals surface area contributed by atoms with Gasteiger partial charge in [-0.25, -0.2) is 0 Å². The van der Waals surface area contributed by atoms with E-state index < -0.39 is 18.4 Å². The molecule has 0 heterocycles. The van der Waals surface area contributed by atoms with Gasteiger partial charge in [0.2, 0.25) is 0 Å². The predicted octanol–water partition coefficient (Wildman–Crippen LogP) is 2.41. The Morgan fingerprint density at radius 1 is 1.12 bits per heavy atom. The van der Waals surface area contributed by atoms with Crippen molar-refractivity contribution >= 4 is 17.5 Å². The number of benzene rings is 2. The van der Waals surface area contributed by atoms with Crippen molar-refractivity contribution in [3.05, 3.63) is 48.0 Å². The molecule has 3 N–H and O–H groups in total. The Balaban J connectivity index is 2.07. The maximum Gasteiger partial charge on any atom is 0.387 e. The van der Waals surface area contributed by atoms with Gasteiger partial charge in [0.05, 0.1) is 7.11 Å². The Morgan fingerprint density at radius 2 is 1.81 bits per heavy atom. The second-order valence-corrected chi connectivity index (χ2v) is 4.98. The lowest BCUT2D eigenvalue weighted by Crippen LogP contribution is -2.20. The smallest absolute Gasteiger partial charge is 0.387 e. The summed E-state index contributed by atoms with van der Waals surface area (Å²) in [5.74, 6) is -0.605. The van der Waals surface area contributed by atoms with Crippen LogP contribution in [0, 0.1) is 0 Å². The van der Waals surface area contributed by atoms with E-state index in [2.05, 4.69) is 10.1 Å². The van der Waals surface area contributed by atoms with Gasteiger partial charge in [0.1, 0.15) is 5.75 Å². The van der Waals surface area contributed by atoms with Gasteiger partial charge in [-0.05, 0) is 42.5 Å². The Labute approximate surface area is 147 Å². The summed E-state index contributed by atoms with van der Waals surface area (Å²) in [4.78, 5) is 23.1. The molecule has 0 saturated carbocycles. The van der Waals surface area contributed by atoms with Gasteiger partial charge >= 0.3 is 6.61 Å². The van der Waals surface area contributed by atoms with Crippen molar-refractivity contribution in [2.75, 3.05) is 19.0 Å². The molecule has 9 heteroatoms. The molecule has 2 aromatic rings. The molecule has 0 bridgehead atoms. The highest BCUT2D eigenvalue weighted by molar-refractivity contribution is 6.04. The van der Waals surface area contributed by atoms with Gasteiger partial charge in [-0.15, -0.1) is 0 Å². The molecule has 2 aromatic carbocycles. The largest absolute Gasteiger partial charge is 0.493 e. The van der Waals surface area contributed by atoms with Crippen LogP contribution in [0.15, 0.2) is 42.5 Å². The van der Waals surface area contributed by atoms with Gasteiger partial charge in [-0.3, -0.25) is 9.59 Å². The van der Waals surface area contributed by atoms with Crippen LogP contribution in [0.4, 0.5) is 14.5 Å². The molecule has 0 radical (unpaired) electrons. The van der Waals surface area contributed by atoms with Crippen LogP contribution in [0.2, 0.25) is 0 Å². The van der Waals surface area contributed by atoms with Crippen LogP contribution in [0.25, 0.3) is 0 Å². The minimum atomic E-state index is -2.92. The molecule has 26 heavy (non-hydrogen) atoms. The molecule has 2 rings (SSSR count). The first kappa shape index (κ1) is 19.0. The molecule has 0 aliphatic rings. The summed E-state index contributed by atoms with van der Waals surface area (Å²) in [6.45, 7) is -3.24. The van der Waals surface area contributed by atoms with Crippen molar-refractivity contribution in [1.29, 1.82) is 0 Å². The molecule has 0 fully saturated rings. The number of nitrogens with two attached hydrogens (primary N) is 1. The average Bonchev–Trinajstić information content (AvgIpc) is 2.60. The number of nitrogens with one attached hydrogen (secondary N) is 1. The molecule has 2 amide bonds. The molecule has 0 aliphatic heterocycles. The molecule has 7 nitrogen and oxygen atoms in total. The standard InChI is InChI=1S/C17H16F2N2O5/c1-24-14-8-10(2-7-13(14)25-9-15(20)22)16(23)21-11-3-5-12(6-4-11)26-17(18)19/h2-8,17H,9H2,1H3,(H2,20,22)(H,21,23). The van der Waals surface area contributed by atoms with Crippen LogP contribution >= 0.6 is 0 Å². The summed E-state index contributed by atoms with van der Waals surface area (Å²) in [6.07, 6.45) is 0. The van der Waals surface area contributed by atoms with Crippen molar-refractivity contribution in [1.82, 2.24) is 0 Å². The Bertz CT molecular complexity index is 781. The lowest BCUT2D eigenvalue weighted by molar-refractivity contribution is -0.119. The normalized spacial score (nSPS) is 10.3. The Morgan fingerprint density at radius 3 is 2.38 bits per heavy atom. The van der Waals surface area contributed by atoms with Crippen LogP contribution in [-0.4, -0.2) is 32.1 Å². The molecule has 0 aromatic heterocycles. The number of hydrogen-bond acceptors (Lipinski definition) is 5. The fourth-order valence-corrected chi connectivity index (χ4v) is 2.00. The number of methoxy groups -OCH3 is 1. The highest BCUT2D eigenvalue weighted by Gasteiger charge is 2.12. The molecule has 0 saturated heterocycles. The summed E-state index contributed by atoms with van der Waals surface area (Å²) in [6, 6.07) is 9.85. The third-order valence-corrected chi connectivity index (χ3v) is 3.13. The van der Waals surface area contributed by atoms with Crippen LogP contribution in [-0.2, 0) is 4.79 Å². The summed E-state index contributed by atoms with van der Waals surface area (Å²) in [7, 11) is 1.38. The highest BCUT2D eigenvalue weighted by Crippen LogP contribution is 2.28. The summed E-state index contributed by atoms with van der Waals surface area (Å²) >= 11 is 0. The van der Waals surface area contributed by atoms with Gasteiger partial charge in [-0.2, -0.15) is 8.78 Å². The minimum absolute atomic E-state index is 0.0179. The molecule has 138 valence electrons. The zero-order valence-electron chi connectivity index (χ0n) is 13.7. The van der Waals surface area contributed by atoms with E-state index in [1.165, 1.54) is 49.6 Å². The summed E-state index contributed by atoms with van der Waals surface area (Å²) in [5.41, 5.74) is 5.67. The van der Waals surface area contributed by atoms with E-state index >= 15 is 0 Å². The van der Waals surface area contributed by atoms with Gasteiger partial charge < -0.3 is 25.3 Å². The van der Waals surface area contributed by atoms with Crippen molar-refractivity contribution in [3.8, 4) is 17.2 Å². The SMILES string of the molecule is COc1cc(C(=O)Nc2ccc(OC(F)F)cc2)ccc1OCC(N)=O. The molecule has 0 spiro atoms. The van der Waals surface area contributed by atoms with E-state index in [9.17, 15) is 18.4 Å². The minimum Gasteiger partial charge on any atom is -0.493 e. The number of alkyl halides is 2. The fourth-order valence-electron chi connectivity index (χ4n) is 2.00. The van der Waals surface area contributed by atoms with Crippen LogP contribution in [0.3, 0.4) is 0 Å². The van der Waals surface area contributed by atoms with Crippen molar-refractivity contribution in [2.24, 2.45) is 5.73 Å². The number of anilines is 1. The van der Waals surface area contributed by atoms with E-state index in [-0.39, 0.29) is 29.4 Å². The predicted molar refractivity (Wildman–Crippen MR) is 88.7 cm³/mol.